The molecule has 24 heavy (non-hydrogen) atoms. The van der Waals surface area contributed by atoms with Gasteiger partial charge in [0, 0.05) is 13.2 Å². The predicted molar refractivity (Wildman–Crippen MR) is 78.5 cm³/mol. The Hall–Kier alpha value is -2.93. The van der Waals surface area contributed by atoms with Crippen molar-refractivity contribution in [3.05, 3.63) is 34.7 Å². The molecule has 0 N–H and O–H groups in total. The lowest BCUT2D eigenvalue weighted by molar-refractivity contribution is -0.0552. The summed E-state index contributed by atoms with van der Waals surface area (Å²) in [6.07, 6.45) is 4.59. The first kappa shape index (κ1) is 15.9. The number of nitriles is 1. The maximum Gasteiger partial charge on any atom is 0.388 e. The lowest BCUT2D eigenvalue weighted by Crippen LogP contribution is -2.08. The van der Waals surface area contributed by atoms with E-state index < -0.39 is 6.61 Å². The van der Waals surface area contributed by atoms with Crippen LogP contribution in [0.25, 0.3) is 11.6 Å². The van der Waals surface area contributed by atoms with Gasteiger partial charge in [-0.05, 0) is 12.5 Å². The Balaban J connectivity index is 2.18. The van der Waals surface area contributed by atoms with Gasteiger partial charge in [-0.15, -0.1) is 5.10 Å². The van der Waals surface area contributed by atoms with Crippen LogP contribution in [0.2, 0.25) is 5.02 Å². The third-order valence-electron chi connectivity index (χ3n) is 3.12. The Kier molecular flexibility index (Phi) is 3.94. The molecule has 0 atom stereocenters. The maximum atomic E-state index is 12.5. The number of aryl methyl sites for hydroxylation is 2. The molecule has 3 aromatic rings. The molecule has 0 spiro atoms. The zero-order valence-electron chi connectivity index (χ0n) is 12.5. The molecule has 0 fully saturated rings. The molecule has 3 rings (SSSR count). The van der Waals surface area contributed by atoms with Crippen LogP contribution in [0, 0.1) is 18.3 Å². The smallest absolute Gasteiger partial charge is 0.388 e. The Morgan fingerprint density at radius 1 is 1.33 bits per heavy atom. The predicted octanol–water partition coefficient (Wildman–Crippen LogP) is 2.23. The highest BCUT2D eigenvalue weighted by molar-refractivity contribution is 6.33. The molecule has 0 aliphatic rings. The maximum absolute atomic E-state index is 12.5. The largest absolute Gasteiger partial charge is 0.415 e. The molecule has 0 aromatic carbocycles. The van der Waals surface area contributed by atoms with E-state index in [9.17, 15) is 14.0 Å². The second-order valence-corrected chi connectivity index (χ2v) is 5.19. The summed E-state index contributed by atoms with van der Waals surface area (Å²) in [5, 5.41) is 21.4. The van der Waals surface area contributed by atoms with Crippen molar-refractivity contribution in [2.24, 2.45) is 7.05 Å². The van der Waals surface area contributed by atoms with Gasteiger partial charge in [-0.1, -0.05) is 11.6 Å². The van der Waals surface area contributed by atoms with Gasteiger partial charge in [0.1, 0.15) is 16.7 Å². The minimum atomic E-state index is -3.05. The molecular formula is C13H10ClF2N7O. The molecule has 124 valence electrons. The van der Waals surface area contributed by atoms with E-state index in [-0.39, 0.29) is 28.1 Å². The molecule has 11 heteroatoms. The van der Waals surface area contributed by atoms with Gasteiger partial charge >= 0.3 is 6.61 Å². The monoisotopic (exact) mass is 353 g/mol. The molecule has 0 radical (unpaired) electrons. The van der Waals surface area contributed by atoms with E-state index in [1.807, 2.05) is 13.0 Å². The first-order valence-electron chi connectivity index (χ1n) is 6.59. The molecular weight excluding hydrogens is 344 g/mol. The molecule has 3 aromatic heterocycles. The fraction of sp³-hybridized carbons (Fsp3) is 0.231. The summed E-state index contributed by atoms with van der Waals surface area (Å²) in [4.78, 5) is 0. The molecule has 0 aliphatic carbocycles. The standard InChI is InChI=1S/C13H10ClF2N7O/c1-7-4-18-22(6-7)11-8(3-17)5-19-23(11)10-9(14)12(21(2)20-10)24-13(15)16/h4-6,13H,1-2H3. The third-order valence-corrected chi connectivity index (χ3v) is 3.45. The van der Waals surface area contributed by atoms with E-state index in [1.165, 1.54) is 22.6 Å². The van der Waals surface area contributed by atoms with Crippen molar-refractivity contribution in [3.63, 3.8) is 0 Å². The van der Waals surface area contributed by atoms with Crippen LogP contribution in [0.5, 0.6) is 5.88 Å². The van der Waals surface area contributed by atoms with E-state index in [4.69, 9.17) is 11.6 Å². The highest BCUT2D eigenvalue weighted by Crippen LogP contribution is 2.32. The Labute approximate surface area is 139 Å². The van der Waals surface area contributed by atoms with E-state index >= 15 is 0 Å². The third kappa shape index (κ3) is 2.59. The van der Waals surface area contributed by atoms with Crippen molar-refractivity contribution in [1.82, 2.24) is 29.3 Å². The molecule has 0 aliphatic heterocycles. The summed E-state index contributed by atoms with van der Waals surface area (Å²) in [5.74, 6) is 0.0203. The van der Waals surface area contributed by atoms with Gasteiger partial charge in [0.2, 0.25) is 5.88 Å². The van der Waals surface area contributed by atoms with Gasteiger partial charge in [0.05, 0.1) is 12.4 Å². The van der Waals surface area contributed by atoms with E-state index in [2.05, 4.69) is 20.0 Å². The van der Waals surface area contributed by atoms with Crippen LogP contribution in [-0.4, -0.2) is 36.0 Å². The summed E-state index contributed by atoms with van der Waals surface area (Å²) in [6.45, 7) is -1.22. The van der Waals surface area contributed by atoms with E-state index in [0.29, 0.717) is 0 Å². The van der Waals surface area contributed by atoms with Crippen molar-refractivity contribution >= 4 is 11.6 Å². The first-order chi connectivity index (χ1) is 11.4. The normalized spacial score (nSPS) is 11.0. The average molecular weight is 354 g/mol. The van der Waals surface area contributed by atoms with Crippen molar-refractivity contribution in [2.45, 2.75) is 13.5 Å². The summed E-state index contributed by atoms with van der Waals surface area (Å²) >= 11 is 6.11. The molecule has 0 unspecified atom stereocenters. The fourth-order valence-electron chi connectivity index (χ4n) is 2.14. The van der Waals surface area contributed by atoms with E-state index in [0.717, 1.165) is 10.2 Å². The summed E-state index contributed by atoms with van der Waals surface area (Å²) in [5.41, 5.74) is 1.08. The van der Waals surface area contributed by atoms with Gasteiger partial charge in [0.15, 0.2) is 11.6 Å². The number of aromatic nitrogens is 6. The topological polar surface area (TPSA) is 86.5 Å². The number of halogens is 3. The van der Waals surface area contributed by atoms with Gasteiger partial charge in [0.25, 0.3) is 0 Å². The van der Waals surface area contributed by atoms with Crippen molar-refractivity contribution in [2.75, 3.05) is 0 Å². The highest BCUT2D eigenvalue weighted by Gasteiger charge is 2.24. The van der Waals surface area contributed by atoms with Crippen LogP contribution < -0.4 is 4.74 Å². The number of ether oxygens (including phenoxy) is 1. The van der Waals surface area contributed by atoms with Crippen LogP contribution in [0.1, 0.15) is 11.1 Å². The molecule has 0 saturated heterocycles. The zero-order chi connectivity index (χ0) is 17.4. The van der Waals surface area contributed by atoms with Crippen molar-refractivity contribution in [1.29, 1.82) is 5.26 Å². The fourth-order valence-corrected chi connectivity index (χ4v) is 2.43. The minimum absolute atomic E-state index is 0.0412. The number of hydrogen-bond donors (Lipinski definition) is 0. The number of hydrogen-bond acceptors (Lipinski definition) is 5. The molecule has 0 saturated carbocycles. The van der Waals surface area contributed by atoms with Crippen LogP contribution in [0.15, 0.2) is 18.6 Å². The Bertz CT molecular complexity index is 937. The summed E-state index contributed by atoms with van der Waals surface area (Å²) < 4.78 is 33.1. The number of rotatable bonds is 4. The summed E-state index contributed by atoms with van der Waals surface area (Å²) in [7, 11) is 1.40. The van der Waals surface area contributed by atoms with Crippen molar-refractivity contribution in [3.8, 4) is 23.6 Å². The molecule has 3 heterocycles. The van der Waals surface area contributed by atoms with E-state index in [1.54, 1.807) is 12.4 Å². The second-order valence-electron chi connectivity index (χ2n) is 4.81. The Morgan fingerprint density at radius 2 is 2.08 bits per heavy atom. The second kappa shape index (κ2) is 5.93. The van der Waals surface area contributed by atoms with Crippen LogP contribution in [0.3, 0.4) is 0 Å². The van der Waals surface area contributed by atoms with Gasteiger partial charge in [-0.25, -0.2) is 9.36 Å². The quantitative estimate of drug-likeness (QED) is 0.717. The van der Waals surface area contributed by atoms with Crippen LogP contribution in [-0.2, 0) is 7.05 Å². The van der Waals surface area contributed by atoms with Crippen LogP contribution in [0.4, 0.5) is 8.78 Å². The molecule has 0 amide bonds. The van der Waals surface area contributed by atoms with Gasteiger partial charge in [-0.2, -0.15) is 28.9 Å². The van der Waals surface area contributed by atoms with Crippen LogP contribution >= 0.6 is 11.6 Å². The number of nitrogens with zero attached hydrogens (tertiary/aromatic N) is 7. The number of alkyl halides is 2. The minimum Gasteiger partial charge on any atom is -0.415 e. The molecule has 0 bridgehead atoms. The lowest BCUT2D eigenvalue weighted by atomic mass is 10.3. The SMILES string of the molecule is Cc1cnn(-c2c(C#N)cnn2-c2nn(C)c(OC(F)F)c2Cl)c1. The molecule has 8 nitrogen and oxygen atoms in total. The average Bonchev–Trinajstić information content (AvgIpc) is 3.20. The first-order valence-corrected chi connectivity index (χ1v) is 6.97. The van der Waals surface area contributed by atoms with Gasteiger partial charge in [-0.3, -0.25) is 0 Å². The zero-order valence-corrected chi connectivity index (χ0v) is 13.2. The lowest BCUT2D eigenvalue weighted by Gasteiger charge is -2.05. The van der Waals surface area contributed by atoms with Crippen molar-refractivity contribution < 1.29 is 13.5 Å². The Morgan fingerprint density at radius 3 is 2.67 bits per heavy atom. The highest BCUT2D eigenvalue weighted by atomic mass is 35.5. The van der Waals surface area contributed by atoms with Gasteiger partial charge < -0.3 is 4.74 Å². The summed E-state index contributed by atoms with van der Waals surface area (Å²) in [6, 6.07) is 1.99.